The number of rotatable bonds is 12. The number of methoxy groups -OCH3 is 1. The molecule has 1 unspecified atom stereocenters. The predicted molar refractivity (Wildman–Crippen MR) is 153 cm³/mol. The molecule has 11 heteroatoms. The number of nitrogens with one attached hydrogen (secondary N) is 1. The Hall–Kier alpha value is -2.82. The number of carbonyl (C=O) groups excluding carboxylic acids is 1. The number of ether oxygens (including phenoxy) is 2. The Bertz CT molecular complexity index is 1350. The first-order valence-electron chi connectivity index (χ1n) is 12.1. The Kier molecular flexibility index (Phi) is 11.0. The van der Waals surface area contributed by atoms with Crippen molar-refractivity contribution in [1.82, 2.24) is 4.98 Å². The number of carbonyl (C=O) groups is 2. The molecule has 1 atom stereocenters. The lowest BCUT2D eigenvalue weighted by Crippen LogP contribution is -2.13. The number of benzene rings is 2. The lowest BCUT2D eigenvalue weighted by Gasteiger charge is -2.18. The van der Waals surface area contributed by atoms with Crippen molar-refractivity contribution in [2.75, 3.05) is 25.6 Å². The second kappa shape index (κ2) is 14.0. The third kappa shape index (κ3) is 8.09. The molecule has 0 bridgehead atoms. The summed E-state index contributed by atoms with van der Waals surface area (Å²) in [5.74, 6) is -1.61. The van der Waals surface area contributed by atoms with Crippen molar-refractivity contribution in [1.29, 1.82) is 0 Å². The summed E-state index contributed by atoms with van der Waals surface area (Å²) in [6, 6.07) is 7.75. The van der Waals surface area contributed by atoms with Crippen LogP contribution < -0.4 is 5.32 Å². The van der Waals surface area contributed by atoms with Gasteiger partial charge in [-0.2, -0.15) is 0 Å². The Morgan fingerprint density at radius 3 is 2.54 bits per heavy atom. The molecule has 0 saturated carbocycles. The topological polar surface area (TPSA) is 97.8 Å². The maximum atomic E-state index is 15.5. The molecule has 1 aromatic heterocycles. The highest BCUT2D eigenvalue weighted by Gasteiger charge is 2.21. The maximum absolute atomic E-state index is 15.5. The molecule has 0 saturated heterocycles. The smallest absolute Gasteiger partial charge is 0.331 e. The van der Waals surface area contributed by atoms with Crippen molar-refractivity contribution in [3.63, 3.8) is 0 Å². The zero-order valence-electron chi connectivity index (χ0n) is 21.9. The minimum atomic E-state index is -1.11. The third-order valence-electron chi connectivity index (χ3n) is 5.81. The molecule has 0 aliphatic rings. The largest absolute Gasteiger partial charge is 0.478 e. The summed E-state index contributed by atoms with van der Waals surface area (Å²) in [5.41, 5.74) is 1.46. The van der Waals surface area contributed by atoms with Crippen molar-refractivity contribution in [3.8, 4) is 11.3 Å². The summed E-state index contributed by atoms with van der Waals surface area (Å²) >= 11 is 13.7. The average Bonchev–Trinajstić information content (AvgIpc) is 3.34. The number of halogens is 3. The lowest BCUT2D eigenvalue weighted by atomic mass is 10.0. The molecule has 7 nitrogen and oxygen atoms in total. The van der Waals surface area contributed by atoms with Crippen molar-refractivity contribution >= 4 is 57.6 Å². The van der Waals surface area contributed by atoms with Gasteiger partial charge in [0.25, 0.3) is 5.91 Å². The van der Waals surface area contributed by atoms with Crippen LogP contribution in [0, 0.1) is 11.7 Å². The first-order valence-corrected chi connectivity index (χ1v) is 13.7. The Balaban J connectivity index is 1.76. The van der Waals surface area contributed by atoms with E-state index in [2.05, 4.69) is 24.1 Å². The van der Waals surface area contributed by atoms with Crippen LogP contribution in [0.25, 0.3) is 17.3 Å². The number of amides is 1. The average molecular weight is 596 g/mol. The Morgan fingerprint density at radius 1 is 1.23 bits per heavy atom. The lowest BCUT2D eigenvalue weighted by molar-refractivity contribution is -0.132. The quantitative estimate of drug-likeness (QED) is 0.164. The van der Waals surface area contributed by atoms with Crippen LogP contribution >= 0.6 is 34.5 Å². The molecule has 0 aliphatic carbocycles. The van der Waals surface area contributed by atoms with Gasteiger partial charge in [0.15, 0.2) is 5.13 Å². The van der Waals surface area contributed by atoms with Gasteiger partial charge >= 0.3 is 5.97 Å². The molecule has 3 aromatic rings. The van der Waals surface area contributed by atoms with Crippen molar-refractivity contribution in [3.05, 3.63) is 73.8 Å². The summed E-state index contributed by atoms with van der Waals surface area (Å²) < 4.78 is 26.7. The van der Waals surface area contributed by atoms with Gasteiger partial charge in [-0.1, -0.05) is 49.2 Å². The van der Waals surface area contributed by atoms with Crippen LogP contribution in [0.5, 0.6) is 0 Å². The monoisotopic (exact) mass is 594 g/mol. The van der Waals surface area contributed by atoms with E-state index in [9.17, 15) is 9.59 Å². The first-order chi connectivity index (χ1) is 18.5. The normalized spacial score (nSPS) is 12.6. The number of hydrogen-bond donors (Lipinski definition) is 2. The van der Waals surface area contributed by atoms with Gasteiger partial charge in [0.05, 0.1) is 22.3 Å². The third-order valence-corrected chi connectivity index (χ3v) is 7.19. The van der Waals surface area contributed by atoms with Gasteiger partial charge in [0.2, 0.25) is 0 Å². The number of anilines is 1. The molecule has 2 aromatic carbocycles. The standard InChI is InChI=1S/C28H29Cl2FN2O5S/c1-15(2)8-9-38-13-24(37-4)19-7-5-6-18(25(19)31)23-14-39-28(32-23)33-26(34)17-11-21(29)20(22(30)12-17)10-16(3)27(35)36/h5-7,10-12,14-15,24H,8-9,13H2,1-4H3,(H,35,36)(H,32,33,34). The molecule has 1 heterocycles. The predicted octanol–water partition coefficient (Wildman–Crippen LogP) is 7.75. The number of aliphatic carboxylic acids is 1. The van der Waals surface area contributed by atoms with Gasteiger partial charge in [-0.15, -0.1) is 11.3 Å². The van der Waals surface area contributed by atoms with Crippen molar-refractivity contribution in [2.24, 2.45) is 5.92 Å². The Morgan fingerprint density at radius 2 is 1.92 bits per heavy atom. The second-order valence-electron chi connectivity index (χ2n) is 9.17. The van der Waals surface area contributed by atoms with Crippen molar-refractivity contribution < 1.29 is 28.6 Å². The van der Waals surface area contributed by atoms with Crippen LogP contribution in [-0.4, -0.2) is 42.3 Å². The van der Waals surface area contributed by atoms with Crippen LogP contribution in [0.2, 0.25) is 10.0 Å². The van der Waals surface area contributed by atoms with Crippen molar-refractivity contribution in [2.45, 2.75) is 33.3 Å². The minimum Gasteiger partial charge on any atom is -0.478 e. The number of thiazole rings is 1. The molecule has 0 aliphatic heterocycles. The van der Waals surface area contributed by atoms with Gasteiger partial charge in [0, 0.05) is 46.9 Å². The van der Waals surface area contributed by atoms with Gasteiger partial charge in [-0.25, -0.2) is 14.2 Å². The summed E-state index contributed by atoms with van der Waals surface area (Å²) in [6.45, 7) is 6.40. The van der Waals surface area contributed by atoms with E-state index in [0.717, 1.165) is 17.8 Å². The van der Waals surface area contributed by atoms with E-state index in [0.29, 0.717) is 29.3 Å². The summed E-state index contributed by atoms with van der Waals surface area (Å²) in [4.78, 5) is 28.3. The molecule has 208 valence electrons. The summed E-state index contributed by atoms with van der Waals surface area (Å²) in [5, 5.41) is 13.9. The summed E-state index contributed by atoms with van der Waals surface area (Å²) in [6.07, 6.45) is 1.65. The van der Waals surface area contributed by atoms with E-state index in [1.54, 1.807) is 23.6 Å². The maximum Gasteiger partial charge on any atom is 0.331 e. The molecule has 0 spiro atoms. The van der Waals surface area contributed by atoms with Gasteiger partial charge in [-0.05, 0) is 43.5 Å². The van der Waals surface area contributed by atoms with E-state index < -0.39 is 23.8 Å². The molecule has 3 rings (SSSR count). The molecule has 39 heavy (non-hydrogen) atoms. The van der Waals surface area contributed by atoms with Crippen LogP contribution in [0.1, 0.15) is 54.8 Å². The van der Waals surface area contributed by atoms with Gasteiger partial charge in [0.1, 0.15) is 11.9 Å². The molecule has 1 amide bonds. The van der Waals surface area contributed by atoms with Crippen LogP contribution in [0.3, 0.4) is 0 Å². The fourth-order valence-electron chi connectivity index (χ4n) is 3.55. The minimum absolute atomic E-state index is 0.0399. The van der Waals surface area contributed by atoms with Crippen LogP contribution in [-0.2, 0) is 14.3 Å². The molecular weight excluding hydrogens is 566 g/mol. The highest BCUT2D eigenvalue weighted by molar-refractivity contribution is 7.14. The number of carboxylic acid groups (broad SMARTS) is 1. The highest BCUT2D eigenvalue weighted by atomic mass is 35.5. The number of nitrogens with zero attached hydrogens (tertiary/aromatic N) is 1. The fraction of sp³-hybridized carbons (Fsp3) is 0.321. The van der Waals surface area contributed by atoms with E-state index in [-0.39, 0.29) is 38.5 Å². The van der Waals surface area contributed by atoms with Crippen LogP contribution in [0.4, 0.5) is 9.52 Å². The fourth-order valence-corrected chi connectivity index (χ4v) is 4.85. The van der Waals surface area contributed by atoms with E-state index in [4.69, 9.17) is 37.8 Å². The number of aromatic nitrogens is 1. The first kappa shape index (κ1) is 30.7. The Labute approximate surface area is 240 Å². The van der Waals surface area contributed by atoms with Crippen LogP contribution in [0.15, 0.2) is 41.3 Å². The zero-order valence-corrected chi connectivity index (χ0v) is 24.2. The molecule has 2 N–H and O–H groups in total. The molecular formula is C28H29Cl2FN2O5S. The SMILES string of the molecule is COC(COCCC(C)C)c1cccc(-c2csc(NC(=O)c3cc(Cl)c(C=C(C)C(=O)O)c(Cl)c3)n2)c1F. The molecule has 0 fully saturated rings. The molecule has 0 radical (unpaired) electrons. The highest BCUT2D eigenvalue weighted by Crippen LogP contribution is 2.33. The zero-order chi connectivity index (χ0) is 28.7. The van der Waals surface area contributed by atoms with Gasteiger partial charge < -0.3 is 14.6 Å². The van der Waals surface area contributed by atoms with E-state index in [1.807, 2.05) is 0 Å². The summed E-state index contributed by atoms with van der Waals surface area (Å²) in [7, 11) is 1.51. The van der Waals surface area contributed by atoms with E-state index >= 15 is 4.39 Å². The van der Waals surface area contributed by atoms with Gasteiger partial charge in [-0.3, -0.25) is 10.1 Å². The second-order valence-corrected chi connectivity index (χ2v) is 10.8. The number of carboxylic acids is 1. The number of hydrogen-bond acceptors (Lipinski definition) is 6. The van der Waals surface area contributed by atoms with E-state index in [1.165, 1.54) is 32.2 Å².